The molecule has 0 aliphatic heterocycles. The Kier molecular flexibility index (Phi) is 4.85. The molecule has 3 N–H and O–H groups in total. The third-order valence-corrected chi connectivity index (χ3v) is 4.87. The summed E-state index contributed by atoms with van der Waals surface area (Å²) in [6, 6.07) is 6.75. The quantitative estimate of drug-likeness (QED) is 0.627. The van der Waals surface area contributed by atoms with Gasteiger partial charge in [0.2, 0.25) is 0 Å². The molecule has 0 bridgehead atoms. The molecule has 0 radical (unpaired) electrons. The highest BCUT2D eigenvalue weighted by atomic mass is 79.9. The molecule has 1 unspecified atom stereocenters. The molecule has 2 aromatic rings. The second-order valence-electron chi connectivity index (χ2n) is 4.20. The summed E-state index contributed by atoms with van der Waals surface area (Å²) >= 11 is 4.85. The number of halogens is 4. The number of rotatable bonds is 4. The van der Waals surface area contributed by atoms with Crippen molar-refractivity contribution in [1.82, 2.24) is 5.43 Å². The zero-order valence-electron chi connectivity index (χ0n) is 10.2. The zero-order valence-corrected chi connectivity index (χ0v) is 12.6. The van der Waals surface area contributed by atoms with Crippen LogP contribution in [0.3, 0.4) is 0 Å². The smallest absolute Gasteiger partial charge is 0.271 e. The normalized spacial score (nSPS) is 13.4. The number of nitrogens with one attached hydrogen (secondary N) is 1. The fraction of sp³-hybridized carbons (Fsp3) is 0.231. The maximum absolute atomic E-state index is 13.0. The maximum atomic E-state index is 13.0. The standard InChI is InChI=1S/C13H12BrF3N2S/c14-10-5-6-20-12(10)7-11(19-18)8-3-1-2-4-9(8)13(15,16)17/h1-6,11,19H,7,18H2. The van der Waals surface area contributed by atoms with Gasteiger partial charge in [0.15, 0.2) is 0 Å². The summed E-state index contributed by atoms with van der Waals surface area (Å²) in [6.07, 6.45) is -4.00. The number of hydrogen-bond donors (Lipinski definition) is 2. The van der Waals surface area contributed by atoms with Crippen LogP contribution in [0.25, 0.3) is 0 Å². The molecule has 0 saturated heterocycles. The van der Waals surface area contributed by atoms with Gasteiger partial charge in [-0.1, -0.05) is 18.2 Å². The molecule has 1 aromatic carbocycles. The van der Waals surface area contributed by atoms with Gasteiger partial charge >= 0.3 is 6.18 Å². The first-order valence-corrected chi connectivity index (χ1v) is 7.45. The van der Waals surface area contributed by atoms with Gasteiger partial charge in [0, 0.05) is 15.8 Å². The summed E-state index contributed by atoms with van der Waals surface area (Å²) in [6.45, 7) is 0. The van der Waals surface area contributed by atoms with E-state index in [1.807, 2.05) is 11.4 Å². The van der Waals surface area contributed by atoms with Crippen molar-refractivity contribution in [1.29, 1.82) is 0 Å². The van der Waals surface area contributed by atoms with Crippen molar-refractivity contribution in [3.8, 4) is 0 Å². The highest BCUT2D eigenvalue weighted by Gasteiger charge is 2.34. The van der Waals surface area contributed by atoms with E-state index in [-0.39, 0.29) is 5.56 Å². The molecule has 0 spiro atoms. The fourth-order valence-corrected chi connectivity index (χ4v) is 3.54. The summed E-state index contributed by atoms with van der Waals surface area (Å²) in [4.78, 5) is 0.949. The molecule has 1 aromatic heterocycles. The summed E-state index contributed by atoms with van der Waals surface area (Å²) < 4.78 is 40.0. The van der Waals surface area contributed by atoms with Crippen LogP contribution in [0.5, 0.6) is 0 Å². The van der Waals surface area contributed by atoms with E-state index < -0.39 is 17.8 Å². The number of thiophene rings is 1. The Balaban J connectivity index is 2.35. The molecule has 1 atom stereocenters. The lowest BCUT2D eigenvalue weighted by Crippen LogP contribution is -2.31. The Morgan fingerprint density at radius 3 is 2.50 bits per heavy atom. The molecule has 0 fully saturated rings. The highest BCUT2D eigenvalue weighted by Crippen LogP contribution is 2.36. The zero-order chi connectivity index (χ0) is 14.8. The minimum absolute atomic E-state index is 0.155. The van der Waals surface area contributed by atoms with Crippen LogP contribution in [-0.2, 0) is 12.6 Å². The lowest BCUT2D eigenvalue weighted by atomic mass is 9.97. The van der Waals surface area contributed by atoms with Crippen molar-refractivity contribution < 1.29 is 13.2 Å². The topological polar surface area (TPSA) is 38.0 Å². The van der Waals surface area contributed by atoms with Gasteiger partial charge in [-0.2, -0.15) is 13.2 Å². The van der Waals surface area contributed by atoms with Gasteiger partial charge in [-0.3, -0.25) is 11.3 Å². The van der Waals surface area contributed by atoms with Gasteiger partial charge < -0.3 is 0 Å². The summed E-state index contributed by atoms with van der Waals surface area (Å²) in [5.41, 5.74) is 1.98. The van der Waals surface area contributed by atoms with Crippen molar-refractivity contribution in [2.45, 2.75) is 18.6 Å². The van der Waals surface area contributed by atoms with E-state index in [0.29, 0.717) is 6.42 Å². The third kappa shape index (κ3) is 3.41. The number of hydrazine groups is 1. The van der Waals surface area contributed by atoms with E-state index in [2.05, 4.69) is 21.4 Å². The molecule has 0 amide bonds. The molecular formula is C13H12BrF3N2S. The summed E-state index contributed by atoms with van der Waals surface area (Å²) in [5.74, 6) is 5.46. The molecule has 0 saturated carbocycles. The van der Waals surface area contributed by atoms with E-state index >= 15 is 0 Å². The lowest BCUT2D eigenvalue weighted by molar-refractivity contribution is -0.138. The van der Waals surface area contributed by atoms with E-state index in [1.54, 1.807) is 6.07 Å². The monoisotopic (exact) mass is 364 g/mol. The van der Waals surface area contributed by atoms with Crippen LogP contribution >= 0.6 is 27.3 Å². The van der Waals surface area contributed by atoms with Crippen LogP contribution in [0, 0.1) is 0 Å². The molecule has 1 heterocycles. The van der Waals surface area contributed by atoms with Crippen LogP contribution in [0.2, 0.25) is 0 Å². The van der Waals surface area contributed by atoms with Crippen molar-refractivity contribution in [3.05, 3.63) is 56.2 Å². The Hall–Kier alpha value is -0.890. The Morgan fingerprint density at radius 1 is 1.25 bits per heavy atom. The van der Waals surface area contributed by atoms with Crippen LogP contribution < -0.4 is 11.3 Å². The molecule has 20 heavy (non-hydrogen) atoms. The van der Waals surface area contributed by atoms with Gasteiger partial charge in [-0.15, -0.1) is 11.3 Å². The van der Waals surface area contributed by atoms with Gasteiger partial charge in [-0.25, -0.2) is 0 Å². The molecule has 108 valence electrons. The SMILES string of the molecule is NNC(Cc1sccc1Br)c1ccccc1C(F)(F)F. The predicted octanol–water partition coefficient (Wildman–Crippen LogP) is 4.28. The molecular weight excluding hydrogens is 353 g/mol. The first kappa shape index (κ1) is 15.5. The maximum Gasteiger partial charge on any atom is 0.416 e. The summed E-state index contributed by atoms with van der Waals surface area (Å²) in [7, 11) is 0. The first-order chi connectivity index (χ1) is 9.43. The third-order valence-electron chi connectivity index (χ3n) is 2.92. The highest BCUT2D eigenvalue weighted by molar-refractivity contribution is 9.10. The van der Waals surface area contributed by atoms with Crippen LogP contribution in [-0.4, -0.2) is 0 Å². The minimum atomic E-state index is -4.39. The minimum Gasteiger partial charge on any atom is -0.271 e. The number of alkyl halides is 3. The molecule has 0 aliphatic rings. The molecule has 7 heteroatoms. The van der Waals surface area contributed by atoms with E-state index in [0.717, 1.165) is 15.4 Å². The van der Waals surface area contributed by atoms with Gasteiger partial charge in [0.05, 0.1) is 11.6 Å². The van der Waals surface area contributed by atoms with Gasteiger partial charge in [-0.05, 0) is 39.0 Å². The largest absolute Gasteiger partial charge is 0.416 e. The van der Waals surface area contributed by atoms with Crippen LogP contribution in [0.4, 0.5) is 13.2 Å². The average molecular weight is 365 g/mol. The number of nitrogens with two attached hydrogens (primary N) is 1. The molecule has 0 aliphatic carbocycles. The van der Waals surface area contributed by atoms with E-state index in [4.69, 9.17) is 5.84 Å². The first-order valence-electron chi connectivity index (χ1n) is 5.77. The van der Waals surface area contributed by atoms with Gasteiger partial charge in [0.25, 0.3) is 0 Å². The van der Waals surface area contributed by atoms with E-state index in [1.165, 1.54) is 23.5 Å². The van der Waals surface area contributed by atoms with Crippen LogP contribution in [0.1, 0.15) is 22.0 Å². The number of benzene rings is 1. The second-order valence-corrected chi connectivity index (χ2v) is 6.06. The Morgan fingerprint density at radius 2 is 1.95 bits per heavy atom. The Bertz CT molecular complexity index is 583. The van der Waals surface area contributed by atoms with Crippen molar-refractivity contribution in [2.75, 3.05) is 0 Å². The van der Waals surface area contributed by atoms with E-state index in [9.17, 15) is 13.2 Å². The second kappa shape index (κ2) is 6.26. The molecule has 2 nitrogen and oxygen atoms in total. The van der Waals surface area contributed by atoms with Crippen molar-refractivity contribution in [2.24, 2.45) is 5.84 Å². The Labute approximate surface area is 126 Å². The molecule has 2 rings (SSSR count). The number of hydrogen-bond acceptors (Lipinski definition) is 3. The van der Waals surface area contributed by atoms with Crippen LogP contribution in [0.15, 0.2) is 40.2 Å². The van der Waals surface area contributed by atoms with Crippen molar-refractivity contribution in [3.63, 3.8) is 0 Å². The van der Waals surface area contributed by atoms with Gasteiger partial charge in [0.1, 0.15) is 0 Å². The van der Waals surface area contributed by atoms with Crippen molar-refractivity contribution >= 4 is 27.3 Å². The predicted molar refractivity (Wildman–Crippen MR) is 77.2 cm³/mol. The average Bonchev–Trinajstić information content (AvgIpc) is 2.80. The lowest BCUT2D eigenvalue weighted by Gasteiger charge is -2.20. The fourth-order valence-electron chi connectivity index (χ4n) is 1.97. The summed E-state index contributed by atoms with van der Waals surface area (Å²) in [5, 5.41) is 1.88.